The fraction of sp³-hybridized carbons (Fsp3) is 0.154. The van der Waals surface area contributed by atoms with Crippen molar-refractivity contribution in [1.29, 1.82) is 0 Å². The molecule has 0 saturated heterocycles. The van der Waals surface area contributed by atoms with Crippen LogP contribution in [0.2, 0.25) is 0 Å². The minimum Gasteiger partial charge on any atom is -0.329 e. The van der Waals surface area contributed by atoms with Gasteiger partial charge in [-0.25, -0.2) is 0 Å². The number of benzene rings is 1. The van der Waals surface area contributed by atoms with Gasteiger partial charge in [-0.2, -0.15) is 0 Å². The Balaban J connectivity index is 2.16. The zero-order valence-corrected chi connectivity index (χ0v) is 11.6. The van der Waals surface area contributed by atoms with E-state index in [1.165, 1.54) is 4.90 Å². The fourth-order valence-electron chi connectivity index (χ4n) is 1.50. The molecule has 1 atom stereocenters. The average Bonchev–Trinajstić information content (AvgIpc) is 2.37. The first-order valence-corrected chi connectivity index (χ1v) is 7.00. The van der Waals surface area contributed by atoms with Crippen LogP contribution < -0.4 is 5.73 Å². The van der Waals surface area contributed by atoms with E-state index in [-0.39, 0.29) is 5.25 Å². The predicted molar refractivity (Wildman–Crippen MR) is 76.0 cm³/mol. The van der Waals surface area contributed by atoms with Gasteiger partial charge in [0.15, 0.2) is 0 Å². The molecule has 1 aromatic heterocycles. The van der Waals surface area contributed by atoms with Crippen LogP contribution in [0.5, 0.6) is 0 Å². The molecule has 0 aliphatic rings. The number of hydrogen-bond donors (Lipinski definition) is 1. The van der Waals surface area contributed by atoms with E-state index in [0.717, 1.165) is 10.2 Å². The Morgan fingerprint density at radius 1 is 1.24 bits per heavy atom. The Bertz CT molecular complexity index is 476. The first kappa shape index (κ1) is 12.6. The molecule has 17 heavy (non-hydrogen) atoms. The number of pyridine rings is 1. The van der Waals surface area contributed by atoms with Crippen molar-refractivity contribution in [2.24, 2.45) is 5.73 Å². The van der Waals surface area contributed by atoms with Gasteiger partial charge in [0.25, 0.3) is 0 Å². The molecule has 2 N–H and O–H groups in total. The summed E-state index contributed by atoms with van der Waals surface area (Å²) >= 11 is 5.21. The van der Waals surface area contributed by atoms with Crippen LogP contribution in [0.3, 0.4) is 0 Å². The van der Waals surface area contributed by atoms with Gasteiger partial charge in [-0.1, -0.05) is 28.1 Å². The molecule has 4 heteroatoms. The highest BCUT2D eigenvalue weighted by Gasteiger charge is 2.12. The lowest BCUT2D eigenvalue weighted by Crippen LogP contribution is -2.10. The largest absolute Gasteiger partial charge is 0.329 e. The van der Waals surface area contributed by atoms with Crippen LogP contribution in [0, 0.1) is 0 Å². The molecule has 1 unspecified atom stereocenters. The van der Waals surface area contributed by atoms with Crippen LogP contribution in [-0.4, -0.2) is 11.5 Å². The van der Waals surface area contributed by atoms with Gasteiger partial charge < -0.3 is 5.73 Å². The van der Waals surface area contributed by atoms with Crippen molar-refractivity contribution in [3.8, 4) is 0 Å². The Labute approximate surface area is 114 Å². The maximum atomic E-state index is 5.82. The first-order valence-electron chi connectivity index (χ1n) is 5.33. The number of nitrogens with two attached hydrogens (primary N) is 1. The molecule has 0 saturated carbocycles. The second-order valence-corrected chi connectivity index (χ2v) is 5.75. The van der Waals surface area contributed by atoms with Gasteiger partial charge >= 0.3 is 0 Å². The predicted octanol–water partition coefficient (Wildman–Crippen LogP) is 3.64. The van der Waals surface area contributed by atoms with Crippen molar-refractivity contribution in [3.05, 3.63) is 58.8 Å². The molecule has 2 aromatic rings. The summed E-state index contributed by atoms with van der Waals surface area (Å²) in [6.45, 7) is 0.578. The molecule has 0 fully saturated rings. The lowest BCUT2D eigenvalue weighted by Gasteiger charge is -2.13. The van der Waals surface area contributed by atoms with E-state index in [1.807, 2.05) is 30.3 Å². The van der Waals surface area contributed by atoms with Crippen LogP contribution in [0.15, 0.2) is 58.0 Å². The van der Waals surface area contributed by atoms with Crippen LogP contribution >= 0.6 is 27.7 Å². The SMILES string of the molecule is NCC(Sc1cccc(Br)c1)c1ccccn1. The minimum atomic E-state index is 0.200. The third kappa shape index (κ3) is 3.56. The molecular weight excluding hydrogens is 296 g/mol. The van der Waals surface area contributed by atoms with E-state index >= 15 is 0 Å². The Morgan fingerprint density at radius 3 is 2.76 bits per heavy atom. The molecule has 0 aliphatic heterocycles. The lowest BCUT2D eigenvalue weighted by molar-refractivity contribution is 0.898. The van der Waals surface area contributed by atoms with Crippen LogP contribution in [0.1, 0.15) is 10.9 Å². The number of nitrogens with zero attached hydrogens (tertiary/aromatic N) is 1. The summed E-state index contributed by atoms with van der Waals surface area (Å²) in [5.41, 5.74) is 6.85. The highest BCUT2D eigenvalue weighted by Crippen LogP contribution is 2.34. The maximum Gasteiger partial charge on any atom is 0.0639 e. The second kappa shape index (κ2) is 6.19. The summed E-state index contributed by atoms with van der Waals surface area (Å²) in [7, 11) is 0. The molecule has 1 aromatic carbocycles. The highest BCUT2D eigenvalue weighted by atomic mass is 79.9. The molecule has 88 valence electrons. The van der Waals surface area contributed by atoms with Crippen LogP contribution in [-0.2, 0) is 0 Å². The summed E-state index contributed by atoms with van der Waals surface area (Å²) in [5, 5.41) is 0.200. The molecule has 0 bridgehead atoms. The van der Waals surface area contributed by atoms with Crippen molar-refractivity contribution in [3.63, 3.8) is 0 Å². The highest BCUT2D eigenvalue weighted by molar-refractivity contribution is 9.10. The number of thioether (sulfide) groups is 1. The molecule has 0 spiro atoms. The quantitative estimate of drug-likeness (QED) is 0.877. The number of halogens is 1. The van der Waals surface area contributed by atoms with Crippen LogP contribution in [0.4, 0.5) is 0 Å². The summed E-state index contributed by atoms with van der Waals surface area (Å²) in [6.07, 6.45) is 1.81. The maximum absolute atomic E-state index is 5.82. The van der Waals surface area contributed by atoms with Gasteiger partial charge in [-0.3, -0.25) is 4.98 Å². The first-order chi connectivity index (χ1) is 8.29. The molecule has 2 nitrogen and oxygen atoms in total. The summed E-state index contributed by atoms with van der Waals surface area (Å²) < 4.78 is 1.08. The van der Waals surface area contributed by atoms with E-state index in [4.69, 9.17) is 5.73 Å². The van der Waals surface area contributed by atoms with Crippen molar-refractivity contribution < 1.29 is 0 Å². The summed E-state index contributed by atoms with van der Waals surface area (Å²) in [6, 6.07) is 14.1. The van der Waals surface area contributed by atoms with Crippen molar-refractivity contribution in [2.45, 2.75) is 10.1 Å². The fourth-order valence-corrected chi connectivity index (χ4v) is 3.09. The van der Waals surface area contributed by atoms with Crippen molar-refractivity contribution in [1.82, 2.24) is 4.98 Å². The van der Waals surface area contributed by atoms with Gasteiger partial charge in [0.1, 0.15) is 0 Å². The third-order valence-electron chi connectivity index (χ3n) is 2.31. The average molecular weight is 309 g/mol. The Morgan fingerprint density at radius 2 is 2.12 bits per heavy atom. The van der Waals surface area contributed by atoms with Crippen molar-refractivity contribution in [2.75, 3.05) is 6.54 Å². The van der Waals surface area contributed by atoms with Gasteiger partial charge in [0.2, 0.25) is 0 Å². The molecular formula is C13H13BrN2S. The normalized spacial score (nSPS) is 12.4. The van der Waals surface area contributed by atoms with Crippen LogP contribution in [0.25, 0.3) is 0 Å². The zero-order chi connectivity index (χ0) is 12.1. The molecule has 2 rings (SSSR count). The van der Waals surface area contributed by atoms with E-state index in [1.54, 1.807) is 18.0 Å². The topological polar surface area (TPSA) is 38.9 Å². The van der Waals surface area contributed by atoms with E-state index in [9.17, 15) is 0 Å². The van der Waals surface area contributed by atoms with Crippen molar-refractivity contribution >= 4 is 27.7 Å². The van der Waals surface area contributed by atoms with Gasteiger partial charge in [0.05, 0.1) is 10.9 Å². The second-order valence-electron chi connectivity index (χ2n) is 3.55. The lowest BCUT2D eigenvalue weighted by atomic mass is 10.3. The molecule has 0 amide bonds. The zero-order valence-electron chi connectivity index (χ0n) is 9.21. The number of rotatable bonds is 4. The van der Waals surface area contributed by atoms with Gasteiger partial charge in [-0.05, 0) is 30.3 Å². The van der Waals surface area contributed by atoms with E-state index in [0.29, 0.717) is 6.54 Å². The van der Waals surface area contributed by atoms with Gasteiger partial charge in [-0.15, -0.1) is 11.8 Å². The standard InChI is InChI=1S/C13H13BrN2S/c14-10-4-3-5-11(8-10)17-13(9-15)12-6-1-2-7-16-12/h1-8,13H,9,15H2. The number of hydrogen-bond acceptors (Lipinski definition) is 3. The number of aromatic nitrogens is 1. The van der Waals surface area contributed by atoms with Gasteiger partial charge in [0, 0.05) is 22.1 Å². The summed E-state index contributed by atoms with van der Waals surface area (Å²) in [5.74, 6) is 0. The Kier molecular flexibility index (Phi) is 4.59. The van der Waals surface area contributed by atoms with E-state index in [2.05, 4.69) is 33.0 Å². The molecule has 0 radical (unpaired) electrons. The van der Waals surface area contributed by atoms with E-state index < -0.39 is 0 Å². The smallest absolute Gasteiger partial charge is 0.0639 e. The third-order valence-corrected chi connectivity index (χ3v) is 4.04. The monoisotopic (exact) mass is 308 g/mol. The Hall–Kier alpha value is -0.840. The molecule has 0 aliphatic carbocycles. The summed E-state index contributed by atoms with van der Waals surface area (Å²) in [4.78, 5) is 5.55. The molecule has 1 heterocycles. The minimum absolute atomic E-state index is 0.200.